The highest BCUT2D eigenvalue weighted by Crippen LogP contribution is 2.31. The number of aromatic nitrogens is 2. The summed E-state index contributed by atoms with van der Waals surface area (Å²) in [6.07, 6.45) is 4.10. The standard InChI is InChI=1S/C28H30N2O2/c1-3-5-14-27-29-25-12-8-9-13-26(25)30(27)19-20-15-17-21(18-16-20)22(4-2)23-10-6-7-11-24(23)28(31)32/h6-13,15-18,22H,3-5,14,19H2,1-2H3,(H,31,32). The number of hydrogen-bond acceptors (Lipinski definition) is 2. The fourth-order valence-electron chi connectivity index (χ4n) is 4.50. The van der Waals surface area contributed by atoms with Crippen molar-refractivity contribution in [2.75, 3.05) is 0 Å². The third-order valence-electron chi connectivity index (χ3n) is 6.19. The number of unbranched alkanes of at least 4 members (excludes halogenated alkanes) is 1. The molecule has 1 aromatic heterocycles. The van der Waals surface area contributed by atoms with Gasteiger partial charge in [0.1, 0.15) is 5.82 Å². The van der Waals surface area contributed by atoms with Crippen LogP contribution in [0, 0.1) is 0 Å². The lowest BCUT2D eigenvalue weighted by Gasteiger charge is -2.19. The van der Waals surface area contributed by atoms with Gasteiger partial charge in [0, 0.05) is 18.9 Å². The molecule has 0 amide bonds. The van der Waals surface area contributed by atoms with E-state index in [4.69, 9.17) is 4.98 Å². The Kier molecular flexibility index (Phi) is 6.69. The molecule has 4 aromatic rings. The Hall–Kier alpha value is -3.40. The van der Waals surface area contributed by atoms with Crippen LogP contribution in [0.3, 0.4) is 0 Å². The predicted molar refractivity (Wildman–Crippen MR) is 129 cm³/mol. The van der Waals surface area contributed by atoms with E-state index in [1.54, 1.807) is 12.1 Å². The first kappa shape index (κ1) is 21.8. The number of aromatic carboxylic acids is 1. The Morgan fingerprint density at radius 2 is 1.69 bits per heavy atom. The minimum absolute atomic E-state index is 0.0607. The molecule has 32 heavy (non-hydrogen) atoms. The maximum Gasteiger partial charge on any atom is 0.335 e. The second kappa shape index (κ2) is 9.82. The number of para-hydroxylation sites is 2. The second-order valence-corrected chi connectivity index (χ2v) is 8.30. The van der Waals surface area contributed by atoms with Gasteiger partial charge < -0.3 is 9.67 Å². The van der Waals surface area contributed by atoms with Gasteiger partial charge in [-0.05, 0) is 47.7 Å². The molecule has 1 heterocycles. The van der Waals surface area contributed by atoms with Gasteiger partial charge in [-0.1, -0.05) is 74.9 Å². The first-order valence-corrected chi connectivity index (χ1v) is 11.5. The number of carbonyl (C=O) groups is 1. The van der Waals surface area contributed by atoms with E-state index in [0.717, 1.165) is 54.7 Å². The highest BCUT2D eigenvalue weighted by molar-refractivity contribution is 5.89. The molecule has 4 nitrogen and oxygen atoms in total. The number of carboxylic acids is 1. The van der Waals surface area contributed by atoms with Crippen molar-refractivity contribution in [2.45, 2.75) is 52.0 Å². The quantitative estimate of drug-likeness (QED) is 0.325. The zero-order valence-corrected chi connectivity index (χ0v) is 18.8. The number of hydrogen-bond donors (Lipinski definition) is 1. The van der Waals surface area contributed by atoms with Crippen LogP contribution >= 0.6 is 0 Å². The van der Waals surface area contributed by atoms with Crippen molar-refractivity contribution in [2.24, 2.45) is 0 Å². The van der Waals surface area contributed by atoms with E-state index >= 15 is 0 Å². The van der Waals surface area contributed by atoms with Crippen molar-refractivity contribution in [3.8, 4) is 0 Å². The summed E-state index contributed by atoms with van der Waals surface area (Å²) in [7, 11) is 0. The van der Waals surface area contributed by atoms with Crippen LogP contribution in [0.25, 0.3) is 11.0 Å². The molecule has 0 aliphatic carbocycles. The SMILES string of the molecule is CCCCc1nc2ccccc2n1Cc1ccc(C(CC)c2ccccc2C(=O)O)cc1. The third-order valence-corrected chi connectivity index (χ3v) is 6.19. The number of fused-ring (bicyclic) bond motifs is 1. The number of benzene rings is 3. The fraction of sp³-hybridized carbons (Fsp3) is 0.286. The Labute approximate surface area is 189 Å². The third kappa shape index (κ3) is 4.45. The molecular weight excluding hydrogens is 396 g/mol. The van der Waals surface area contributed by atoms with Crippen LogP contribution in [0.2, 0.25) is 0 Å². The Morgan fingerprint density at radius 1 is 0.969 bits per heavy atom. The van der Waals surface area contributed by atoms with Gasteiger partial charge in [-0.15, -0.1) is 0 Å². The monoisotopic (exact) mass is 426 g/mol. The van der Waals surface area contributed by atoms with Crippen molar-refractivity contribution in [3.05, 3.63) is 101 Å². The van der Waals surface area contributed by atoms with Crippen LogP contribution in [-0.4, -0.2) is 20.6 Å². The molecule has 0 aliphatic heterocycles. The summed E-state index contributed by atoms with van der Waals surface area (Å²) in [5, 5.41) is 9.61. The smallest absolute Gasteiger partial charge is 0.335 e. The molecule has 0 spiro atoms. The molecule has 0 radical (unpaired) electrons. The van der Waals surface area contributed by atoms with Crippen molar-refractivity contribution in [1.82, 2.24) is 9.55 Å². The van der Waals surface area contributed by atoms with E-state index in [0.29, 0.717) is 5.56 Å². The Morgan fingerprint density at radius 3 is 2.41 bits per heavy atom. The molecule has 4 rings (SSSR count). The average molecular weight is 427 g/mol. The lowest BCUT2D eigenvalue weighted by molar-refractivity contribution is 0.0695. The van der Waals surface area contributed by atoms with Crippen LogP contribution in [0.5, 0.6) is 0 Å². The van der Waals surface area contributed by atoms with Crippen molar-refractivity contribution in [3.63, 3.8) is 0 Å². The van der Waals surface area contributed by atoms with E-state index in [2.05, 4.69) is 60.9 Å². The van der Waals surface area contributed by atoms with E-state index < -0.39 is 5.97 Å². The molecule has 4 heteroatoms. The lowest BCUT2D eigenvalue weighted by atomic mass is 9.86. The summed E-state index contributed by atoms with van der Waals surface area (Å²) in [6.45, 7) is 5.09. The zero-order chi connectivity index (χ0) is 22.5. The average Bonchev–Trinajstić information content (AvgIpc) is 3.16. The molecule has 0 fully saturated rings. The molecule has 0 saturated carbocycles. The second-order valence-electron chi connectivity index (χ2n) is 8.30. The molecule has 0 saturated heterocycles. The summed E-state index contributed by atoms with van der Waals surface area (Å²) < 4.78 is 2.33. The van der Waals surface area contributed by atoms with Gasteiger partial charge in [0.25, 0.3) is 0 Å². The topological polar surface area (TPSA) is 55.1 Å². The van der Waals surface area contributed by atoms with E-state index in [1.165, 1.54) is 11.1 Å². The summed E-state index contributed by atoms with van der Waals surface area (Å²) in [4.78, 5) is 16.6. The maximum absolute atomic E-state index is 11.7. The number of rotatable bonds is 9. The molecule has 3 aromatic carbocycles. The van der Waals surface area contributed by atoms with Gasteiger partial charge in [0.15, 0.2) is 0 Å². The van der Waals surface area contributed by atoms with Gasteiger partial charge in [0.05, 0.1) is 16.6 Å². The van der Waals surface area contributed by atoms with E-state index in [1.807, 2.05) is 18.2 Å². The minimum atomic E-state index is -0.873. The van der Waals surface area contributed by atoms with Crippen LogP contribution in [0.15, 0.2) is 72.8 Å². The van der Waals surface area contributed by atoms with Crippen LogP contribution in [0.4, 0.5) is 0 Å². The molecular formula is C28H30N2O2. The highest BCUT2D eigenvalue weighted by Gasteiger charge is 2.19. The number of imidazole rings is 1. The van der Waals surface area contributed by atoms with Crippen molar-refractivity contribution >= 4 is 17.0 Å². The largest absolute Gasteiger partial charge is 0.478 e. The van der Waals surface area contributed by atoms with Gasteiger partial charge in [0.2, 0.25) is 0 Å². The first-order valence-electron chi connectivity index (χ1n) is 11.5. The summed E-state index contributed by atoms with van der Waals surface area (Å²) in [5.74, 6) is 0.326. The summed E-state index contributed by atoms with van der Waals surface area (Å²) in [5.41, 5.74) is 5.84. The van der Waals surface area contributed by atoms with E-state index in [9.17, 15) is 9.90 Å². The van der Waals surface area contributed by atoms with Gasteiger partial charge in [-0.25, -0.2) is 9.78 Å². The Bertz CT molecular complexity index is 1210. The zero-order valence-electron chi connectivity index (χ0n) is 18.8. The molecule has 1 unspecified atom stereocenters. The Balaban J connectivity index is 1.63. The molecule has 1 N–H and O–H groups in total. The number of nitrogens with zero attached hydrogens (tertiary/aromatic N) is 2. The molecule has 0 aliphatic rings. The highest BCUT2D eigenvalue weighted by atomic mass is 16.4. The van der Waals surface area contributed by atoms with Crippen molar-refractivity contribution < 1.29 is 9.90 Å². The fourth-order valence-corrected chi connectivity index (χ4v) is 4.50. The minimum Gasteiger partial charge on any atom is -0.478 e. The van der Waals surface area contributed by atoms with Gasteiger partial charge in [-0.2, -0.15) is 0 Å². The van der Waals surface area contributed by atoms with Gasteiger partial charge in [-0.3, -0.25) is 0 Å². The van der Waals surface area contributed by atoms with E-state index in [-0.39, 0.29) is 5.92 Å². The van der Waals surface area contributed by atoms with Crippen LogP contribution < -0.4 is 0 Å². The molecule has 0 bridgehead atoms. The molecule has 164 valence electrons. The number of carboxylic acid groups (broad SMARTS) is 1. The van der Waals surface area contributed by atoms with Gasteiger partial charge >= 0.3 is 5.97 Å². The molecule has 1 atom stereocenters. The van der Waals surface area contributed by atoms with Crippen LogP contribution in [0.1, 0.15) is 71.9 Å². The van der Waals surface area contributed by atoms with Crippen molar-refractivity contribution in [1.29, 1.82) is 0 Å². The predicted octanol–water partition coefficient (Wildman–Crippen LogP) is 6.67. The lowest BCUT2D eigenvalue weighted by Crippen LogP contribution is -2.09. The van der Waals surface area contributed by atoms with Crippen LogP contribution in [-0.2, 0) is 13.0 Å². The maximum atomic E-state index is 11.7. The first-order chi connectivity index (χ1) is 15.6. The number of aryl methyl sites for hydroxylation is 1. The summed E-state index contributed by atoms with van der Waals surface area (Å²) in [6, 6.07) is 24.3. The summed E-state index contributed by atoms with van der Waals surface area (Å²) >= 11 is 0. The normalized spacial score (nSPS) is 12.2.